The van der Waals surface area contributed by atoms with Crippen molar-refractivity contribution in [1.82, 2.24) is 19.5 Å². The molecule has 0 aliphatic heterocycles. The van der Waals surface area contributed by atoms with Crippen LogP contribution in [0.5, 0.6) is 0 Å². The number of fused-ring (bicyclic) bond motifs is 6. The molecule has 12 aromatic rings. The fraction of sp³-hybridized carbons (Fsp3) is 0.0455. The highest BCUT2D eigenvalue weighted by Crippen LogP contribution is 2.51. The van der Waals surface area contributed by atoms with Gasteiger partial charge in [-0.2, -0.15) is 0 Å². The topological polar surface area (TPSA) is 46.8 Å². The highest BCUT2D eigenvalue weighted by atomic mass is 15.1. The van der Waals surface area contributed by atoms with E-state index in [2.05, 4.69) is 236 Å². The third-order valence-electron chi connectivity index (χ3n) is 14.2. The van der Waals surface area contributed by atoms with Crippen molar-refractivity contribution in [3.05, 3.63) is 260 Å². The molecule has 0 radical (unpaired) electrons. The van der Waals surface area contributed by atoms with Crippen molar-refractivity contribution in [2.24, 2.45) is 0 Å². The molecule has 0 bridgehead atoms. The van der Waals surface area contributed by atoms with Crippen molar-refractivity contribution in [3.8, 4) is 73.2 Å². The van der Waals surface area contributed by atoms with Crippen LogP contribution in [0.25, 0.3) is 95.0 Å². The van der Waals surface area contributed by atoms with Crippen LogP contribution in [-0.4, -0.2) is 19.5 Å². The molecule has 10 aromatic carbocycles. The van der Waals surface area contributed by atoms with Gasteiger partial charge in [0.15, 0.2) is 17.5 Å². The van der Waals surface area contributed by atoms with Crippen LogP contribution in [0.15, 0.2) is 249 Å². The average Bonchev–Trinajstić information content (AvgIpc) is 3.91. The Morgan fingerprint density at radius 2 is 0.775 bits per heavy atom. The Labute approximate surface area is 413 Å². The summed E-state index contributed by atoms with van der Waals surface area (Å²) in [6.07, 6.45) is 0. The molecule has 0 amide bonds. The first kappa shape index (κ1) is 42.0. The van der Waals surface area contributed by atoms with Crippen molar-refractivity contribution in [3.63, 3.8) is 0 Å². The molecule has 0 spiro atoms. The van der Waals surface area contributed by atoms with Gasteiger partial charge in [-0.05, 0) is 93.5 Å². The average molecular weight is 910 g/mol. The Kier molecular flexibility index (Phi) is 10.1. The second-order valence-corrected chi connectivity index (χ2v) is 18.8. The van der Waals surface area contributed by atoms with Gasteiger partial charge in [0.2, 0.25) is 0 Å². The van der Waals surface area contributed by atoms with Crippen LogP contribution in [0.3, 0.4) is 0 Å². The van der Waals surface area contributed by atoms with Gasteiger partial charge in [0.25, 0.3) is 0 Å². The van der Waals surface area contributed by atoms with E-state index >= 15 is 0 Å². The normalized spacial score (nSPS) is 12.5. The van der Waals surface area contributed by atoms with Gasteiger partial charge in [0.05, 0.1) is 11.0 Å². The quantitative estimate of drug-likeness (QED) is 0.145. The summed E-state index contributed by atoms with van der Waals surface area (Å²) in [5.41, 5.74) is 18.9. The lowest BCUT2D eigenvalue weighted by Gasteiger charge is -2.29. The van der Waals surface area contributed by atoms with E-state index in [0.29, 0.717) is 17.5 Å². The first-order valence-electron chi connectivity index (χ1n) is 24.3. The molecule has 0 fully saturated rings. The molecule has 5 nitrogen and oxygen atoms in total. The first-order chi connectivity index (χ1) is 35.0. The third kappa shape index (κ3) is 7.21. The minimum Gasteiger partial charge on any atom is -0.310 e. The molecule has 0 saturated heterocycles. The lowest BCUT2D eigenvalue weighted by atomic mass is 9.82. The number of hydrogen-bond acceptors (Lipinski definition) is 4. The summed E-state index contributed by atoms with van der Waals surface area (Å²) in [4.78, 5) is 18.0. The van der Waals surface area contributed by atoms with Crippen LogP contribution in [-0.2, 0) is 5.41 Å². The van der Waals surface area contributed by atoms with Crippen LogP contribution in [0.1, 0.15) is 25.0 Å². The van der Waals surface area contributed by atoms with Gasteiger partial charge in [-0.1, -0.05) is 208 Å². The summed E-state index contributed by atoms with van der Waals surface area (Å²) in [7, 11) is 0. The molecule has 13 rings (SSSR count). The van der Waals surface area contributed by atoms with E-state index in [1.54, 1.807) is 0 Å². The summed E-state index contributed by atoms with van der Waals surface area (Å²) < 4.78 is 2.41. The predicted octanol–water partition coefficient (Wildman–Crippen LogP) is 17.1. The number of para-hydroxylation sites is 3. The molecule has 336 valence electrons. The van der Waals surface area contributed by atoms with E-state index in [-0.39, 0.29) is 5.41 Å². The summed E-state index contributed by atoms with van der Waals surface area (Å²) in [5, 5.41) is 2.26. The van der Waals surface area contributed by atoms with E-state index < -0.39 is 0 Å². The van der Waals surface area contributed by atoms with Crippen molar-refractivity contribution in [1.29, 1.82) is 0 Å². The molecule has 0 unspecified atom stereocenters. The van der Waals surface area contributed by atoms with Crippen molar-refractivity contribution in [2.45, 2.75) is 19.3 Å². The van der Waals surface area contributed by atoms with E-state index in [0.717, 1.165) is 77.9 Å². The number of anilines is 3. The van der Waals surface area contributed by atoms with Crippen LogP contribution in [0, 0.1) is 0 Å². The Morgan fingerprint density at radius 3 is 1.42 bits per heavy atom. The van der Waals surface area contributed by atoms with E-state index in [4.69, 9.17) is 15.0 Å². The molecule has 71 heavy (non-hydrogen) atoms. The van der Waals surface area contributed by atoms with Gasteiger partial charge in [-0.25, -0.2) is 15.0 Å². The van der Waals surface area contributed by atoms with Gasteiger partial charge in [-0.15, -0.1) is 0 Å². The SMILES string of the molecule is CC1(C)c2ccccc2-c2ccc(N(c3cccc(-c4ccccc4)c3)c3cccc(-c4cccc5c6cccc(-c7nc(-c8ccccc8)nc(-c8ccccc8)n7)c6n(-c6ccccc6)c45)c3)cc21. The first-order valence-corrected chi connectivity index (χ1v) is 24.3. The van der Waals surface area contributed by atoms with Crippen molar-refractivity contribution < 1.29 is 0 Å². The highest BCUT2D eigenvalue weighted by molar-refractivity contribution is 6.17. The second kappa shape index (κ2) is 17.1. The van der Waals surface area contributed by atoms with Crippen LogP contribution in [0.4, 0.5) is 17.1 Å². The van der Waals surface area contributed by atoms with E-state index in [9.17, 15) is 0 Å². The molecule has 0 N–H and O–H groups in total. The Morgan fingerprint density at radius 1 is 0.324 bits per heavy atom. The van der Waals surface area contributed by atoms with Gasteiger partial charge < -0.3 is 9.47 Å². The molecule has 0 atom stereocenters. The van der Waals surface area contributed by atoms with Gasteiger partial charge >= 0.3 is 0 Å². The van der Waals surface area contributed by atoms with Crippen LogP contribution in [0.2, 0.25) is 0 Å². The maximum atomic E-state index is 5.25. The zero-order chi connectivity index (χ0) is 47.5. The standard InChI is InChI=1S/C66H47N5/c1-66(2)59-38-16-15-33-54(59)55-40-39-52(43-60(55)66)70(50-31-17-27-47(41-50)44-21-7-3-8-22-44)51-32-18-28-48(42-51)53-34-19-35-56-57-36-20-37-58(62(57)71(61(53)56)49-29-13-6-14-30-49)65-68-63(45-23-9-4-10-24-45)67-64(69-65)46-25-11-5-12-26-46/h3-43H,1-2H3. The zero-order valence-electron chi connectivity index (χ0n) is 39.4. The lowest BCUT2D eigenvalue weighted by molar-refractivity contribution is 0.660. The minimum atomic E-state index is -0.159. The Bertz CT molecular complexity index is 3900. The van der Waals surface area contributed by atoms with Crippen molar-refractivity contribution >= 4 is 38.9 Å². The molecule has 2 heterocycles. The Hall–Kier alpha value is -9.19. The number of aromatic nitrogens is 4. The molecule has 5 heteroatoms. The summed E-state index contributed by atoms with van der Waals surface area (Å²) >= 11 is 0. The third-order valence-corrected chi connectivity index (χ3v) is 14.2. The Balaban J connectivity index is 1.03. The largest absolute Gasteiger partial charge is 0.310 e. The highest BCUT2D eigenvalue weighted by Gasteiger charge is 2.36. The predicted molar refractivity (Wildman–Crippen MR) is 294 cm³/mol. The van der Waals surface area contributed by atoms with Gasteiger partial charge in [0.1, 0.15) is 0 Å². The molecule has 0 saturated carbocycles. The van der Waals surface area contributed by atoms with Crippen molar-refractivity contribution in [2.75, 3.05) is 4.90 Å². The number of hydrogen-bond donors (Lipinski definition) is 0. The molecule has 2 aromatic heterocycles. The summed E-state index contributed by atoms with van der Waals surface area (Å²) in [6, 6.07) is 88.8. The number of rotatable bonds is 9. The molecule has 1 aliphatic carbocycles. The summed E-state index contributed by atoms with van der Waals surface area (Å²) in [5.74, 6) is 1.86. The van der Waals surface area contributed by atoms with Crippen LogP contribution >= 0.6 is 0 Å². The van der Waals surface area contributed by atoms with Gasteiger partial charge in [0, 0.05) is 61.2 Å². The van der Waals surface area contributed by atoms with Gasteiger partial charge in [-0.3, -0.25) is 0 Å². The van der Waals surface area contributed by atoms with Crippen LogP contribution < -0.4 is 4.90 Å². The second-order valence-electron chi connectivity index (χ2n) is 18.8. The van der Waals surface area contributed by atoms with E-state index in [1.807, 2.05) is 36.4 Å². The summed E-state index contributed by atoms with van der Waals surface area (Å²) in [6.45, 7) is 4.71. The number of benzene rings is 10. The van der Waals surface area contributed by atoms with E-state index in [1.165, 1.54) is 27.8 Å². The molecular weight excluding hydrogens is 863 g/mol. The monoisotopic (exact) mass is 909 g/mol. The smallest absolute Gasteiger partial charge is 0.166 e. The maximum absolute atomic E-state index is 5.25. The molecular formula is C66H47N5. The fourth-order valence-corrected chi connectivity index (χ4v) is 10.8. The lowest BCUT2D eigenvalue weighted by Crippen LogP contribution is -2.16. The maximum Gasteiger partial charge on any atom is 0.166 e. The zero-order valence-corrected chi connectivity index (χ0v) is 39.4. The minimum absolute atomic E-state index is 0.159. The number of nitrogens with zero attached hydrogens (tertiary/aromatic N) is 5. The molecule has 1 aliphatic rings. The fourth-order valence-electron chi connectivity index (χ4n) is 10.8.